The summed E-state index contributed by atoms with van der Waals surface area (Å²) in [6.07, 6.45) is 0.467. The summed E-state index contributed by atoms with van der Waals surface area (Å²) in [7, 11) is 0. The molecule has 0 aliphatic carbocycles. The Hall–Kier alpha value is -3.09. The molecule has 1 fully saturated rings. The van der Waals surface area contributed by atoms with E-state index in [1.54, 1.807) is 31.2 Å². The van der Waals surface area contributed by atoms with Crippen LogP contribution in [-0.2, 0) is 16.1 Å². The smallest absolute Gasteiger partial charge is 0.251 e. The number of benzene rings is 2. The van der Waals surface area contributed by atoms with Gasteiger partial charge in [-0.1, -0.05) is 18.2 Å². The van der Waals surface area contributed by atoms with Gasteiger partial charge in [0.2, 0.25) is 11.8 Å². The van der Waals surface area contributed by atoms with Crippen LogP contribution in [0.3, 0.4) is 0 Å². The largest absolute Gasteiger partial charge is 0.345 e. The van der Waals surface area contributed by atoms with Gasteiger partial charge in [0.15, 0.2) is 0 Å². The average molecular weight is 372 g/mol. The molecular formula is C20H18F2N2O3. The van der Waals surface area contributed by atoms with Gasteiger partial charge in [0.1, 0.15) is 11.6 Å². The van der Waals surface area contributed by atoms with E-state index in [9.17, 15) is 23.2 Å². The van der Waals surface area contributed by atoms with Crippen molar-refractivity contribution in [2.75, 3.05) is 0 Å². The lowest BCUT2D eigenvalue weighted by molar-refractivity contribution is -0.139. The summed E-state index contributed by atoms with van der Waals surface area (Å²) in [5.41, 5.74) is 1.27. The summed E-state index contributed by atoms with van der Waals surface area (Å²) < 4.78 is 26.8. The third-order valence-corrected chi connectivity index (χ3v) is 4.49. The molecule has 1 saturated heterocycles. The fourth-order valence-corrected chi connectivity index (χ4v) is 2.95. The van der Waals surface area contributed by atoms with Gasteiger partial charge in [0.25, 0.3) is 5.91 Å². The molecule has 27 heavy (non-hydrogen) atoms. The Kier molecular flexibility index (Phi) is 5.30. The van der Waals surface area contributed by atoms with Crippen molar-refractivity contribution >= 4 is 17.7 Å². The lowest BCUT2D eigenvalue weighted by atomic mass is 10.1. The van der Waals surface area contributed by atoms with Crippen LogP contribution in [0.5, 0.6) is 0 Å². The van der Waals surface area contributed by atoms with Crippen molar-refractivity contribution in [1.82, 2.24) is 10.2 Å². The van der Waals surface area contributed by atoms with Crippen molar-refractivity contribution in [3.05, 3.63) is 70.8 Å². The number of imide groups is 1. The van der Waals surface area contributed by atoms with E-state index in [1.165, 1.54) is 11.0 Å². The van der Waals surface area contributed by atoms with E-state index in [-0.39, 0.29) is 36.8 Å². The second-order valence-corrected chi connectivity index (χ2v) is 6.43. The number of likely N-dealkylation sites (tertiary alicyclic amines) is 1. The van der Waals surface area contributed by atoms with E-state index in [4.69, 9.17) is 0 Å². The highest BCUT2D eigenvalue weighted by Gasteiger charge is 2.28. The number of hydrogen-bond donors (Lipinski definition) is 1. The maximum Gasteiger partial charge on any atom is 0.251 e. The lowest BCUT2D eigenvalue weighted by Gasteiger charge is -2.16. The summed E-state index contributed by atoms with van der Waals surface area (Å²) in [5.74, 6) is -2.21. The van der Waals surface area contributed by atoms with E-state index in [0.717, 1.165) is 17.7 Å². The molecule has 5 nitrogen and oxygen atoms in total. The van der Waals surface area contributed by atoms with Crippen molar-refractivity contribution in [2.24, 2.45) is 0 Å². The zero-order valence-corrected chi connectivity index (χ0v) is 14.7. The van der Waals surface area contributed by atoms with E-state index >= 15 is 0 Å². The van der Waals surface area contributed by atoms with Crippen LogP contribution in [0.25, 0.3) is 0 Å². The van der Waals surface area contributed by atoms with Gasteiger partial charge in [-0.15, -0.1) is 0 Å². The SMILES string of the molecule is C[C@@H](NC(=O)c1ccc(CN2C(=O)CCC2=O)cc1)c1ccc(F)cc1F. The van der Waals surface area contributed by atoms with Gasteiger partial charge in [0.05, 0.1) is 12.6 Å². The summed E-state index contributed by atoms with van der Waals surface area (Å²) in [6, 6.07) is 9.03. The number of amides is 3. The normalized spacial score (nSPS) is 15.1. The molecule has 0 radical (unpaired) electrons. The summed E-state index contributed by atoms with van der Waals surface area (Å²) in [6.45, 7) is 1.78. The van der Waals surface area contributed by atoms with Crippen LogP contribution < -0.4 is 5.32 Å². The minimum absolute atomic E-state index is 0.177. The number of nitrogens with zero attached hydrogens (tertiary/aromatic N) is 1. The first kappa shape index (κ1) is 18.7. The first-order valence-electron chi connectivity index (χ1n) is 8.53. The van der Waals surface area contributed by atoms with Crippen molar-refractivity contribution in [3.63, 3.8) is 0 Å². The summed E-state index contributed by atoms with van der Waals surface area (Å²) in [4.78, 5) is 36.9. The van der Waals surface area contributed by atoms with Gasteiger partial charge >= 0.3 is 0 Å². The number of halogens is 2. The predicted octanol–water partition coefficient (Wildman–Crippen LogP) is 3.10. The van der Waals surface area contributed by atoms with E-state index in [1.807, 2.05) is 0 Å². The molecule has 1 atom stereocenters. The molecule has 0 unspecified atom stereocenters. The zero-order chi connectivity index (χ0) is 19.6. The van der Waals surface area contributed by atoms with Crippen molar-refractivity contribution in [2.45, 2.75) is 32.4 Å². The number of carbonyl (C=O) groups excluding carboxylic acids is 3. The summed E-state index contributed by atoms with van der Waals surface area (Å²) >= 11 is 0. The Morgan fingerprint density at radius 1 is 1.07 bits per heavy atom. The van der Waals surface area contributed by atoms with Crippen LogP contribution in [0.2, 0.25) is 0 Å². The molecule has 1 heterocycles. The summed E-state index contributed by atoms with van der Waals surface area (Å²) in [5, 5.41) is 2.66. The molecule has 2 aromatic rings. The average Bonchev–Trinajstić information content (AvgIpc) is 2.94. The number of nitrogens with one attached hydrogen (secondary N) is 1. The molecule has 0 spiro atoms. The molecule has 1 aliphatic heterocycles. The first-order chi connectivity index (χ1) is 12.8. The van der Waals surface area contributed by atoms with E-state index in [2.05, 4.69) is 5.32 Å². The van der Waals surface area contributed by atoms with Crippen LogP contribution in [0, 0.1) is 11.6 Å². The highest BCUT2D eigenvalue weighted by Crippen LogP contribution is 2.19. The molecule has 2 aromatic carbocycles. The van der Waals surface area contributed by atoms with Gasteiger partial charge in [0, 0.05) is 30.0 Å². The van der Waals surface area contributed by atoms with Gasteiger partial charge in [-0.2, -0.15) is 0 Å². The standard InChI is InChI=1S/C20H18F2N2O3/c1-12(16-7-6-15(21)10-17(16)22)23-20(27)14-4-2-13(3-5-14)11-24-18(25)8-9-19(24)26/h2-7,10,12H,8-9,11H2,1H3,(H,23,27)/t12-/m1/s1. The predicted molar refractivity (Wildman–Crippen MR) is 93.5 cm³/mol. The van der Waals surface area contributed by atoms with E-state index < -0.39 is 23.6 Å². The van der Waals surface area contributed by atoms with Gasteiger partial charge in [-0.05, 0) is 30.7 Å². The molecule has 1 N–H and O–H groups in total. The monoisotopic (exact) mass is 372 g/mol. The maximum atomic E-state index is 13.8. The Morgan fingerprint density at radius 2 is 1.70 bits per heavy atom. The van der Waals surface area contributed by atoms with Gasteiger partial charge in [-0.25, -0.2) is 8.78 Å². The van der Waals surface area contributed by atoms with Crippen LogP contribution in [-0.4, -0.2) is 22.6 Å². The lowest BCUT2D eigenvalue weighted by Crippen LogP contribution is -2.28. The zero-order valence-electron chi connectivity index (χ0n) is 14.7. The molecule has 3 rings (SSSR count). The minimum Gasteiger partial charge on any atom is -0.345 e. The molecule has 0 aromatic heterocycles. The molecule has 140 valence electrons. The van der Waals surface area contributed by atoms with Crippen molar-refractivity contribution in [1.29, 1.82) is 0 Å². The first-order valence-corrected chi connectivity index (χ1v) is 8.53. The second-order valence-electron chi connectivity index (χ2n) is 6.43. The van der Waals surface area contributed by atoms with Gasteiger partial charge < -0.3 is 5.32 Å². The van der Waals surface area contributed by atoms with Crippen LogP contribution in [0.1, 0.15) is 47.3 Å². The van der Waals surface area contributed by atoms with Gasteiger partial charge in [-0.3, -0.25) is 19.3 Å². The Bertz CT molecular complexity index is 881. The van der Waals surface area contributed by atoms with Crippen LogP contribution >= 0.6 is 0 Å². The van der Waals surface area contributed by atoms with Crippen molar-refractivity contribution in [3.8, 4) is 0 Å². The molecule has 7 heteroatoms. The fourth-order valence-electron chi connectivity index (χ4n) is 2.95. The second kappa shape index (κ2) is 7.65. The minimum atomic E-state index is -0.724. The highest BCUT2D eigenvalue weighted by atomic mass is 19.1. The quantitative estimate of drug-likeness (QED) is 0.820. The van der Waals surface area contributed by atoms with Crippen LogP contribution in [0.4, 0.5) is 8.78 Å². The number of hydrogen-bond acceptors (Lipinski definition) is 3. The Labute approximate surface area is 155 Å². The Balaban J connectivity index is 1.65. The topological polar surface area (TPSA) is 66.5 Å². The van der Waals surface area contributed by atoms with Crippen LogP contribution in [0.15, 0.2) is 42.5 Å². The maximum absolute atomic E-state index is 13.8. The fraction of sp³-hybridized carbons (Fsp3) is 0.250. The Morgan fingerprint density at radius 3 is 2.30 bits per heavy atom. The molecule has 0 saturated carbocycles. The molecule has 1 aliphatic rings. The third kappa shape index (κ3) is 4.19. The van der Waals surface area contributed by atoms with E-state index in [0.29, 0.717) is 5.56 Å². The highest BCUT2D eigenvalue weighted by molar-refractivity contribution is 6.01. The third-order valence-electron chi connectivity index (χ3n) is 4.49. The number of carbonyl (C=O) groups is 3. The number of rotatable bonds is 5. The molecular weight excluding hydrogens is 354 g/mol. The van der Waals surface area contributed by atoms with Crippen molar-refractivity contribution < 1.29 is 23.2 Å². The molecule has 0 bridgehead atoms. The molecule has 3 amide bonds.